The van der Waals surface area contributed by atoms with E-state index in [9.17, 15) is 9.59 Å². The van der Waals surface area contributed by atoms with Gasteiger partial charge in [0.2, 0.25) is 0 Å². The van der Waals surface area contributed by atoms with E-state index in [0.29, 0.717) is 18.7 Å². The average Bonchev–Trinajstić information content (AvgIpc) is 3.19. The maximum atomic E-state index is 13.4. The summed E-state index contributed by atoms with van der Waals surface area (Å²) in [5, 5.41) is 3.28. The first-order chi connectivity index (χ1) is 25.8. The van der Waals surface area contributed by atoms with Crippen LogP contribution in [-0.2, 0) is 27.2 Å². The maximum absolute atomic E-state index is 13.4. The number of rotatable bonds is 23. The molecule has 0 aliphatic rings. The summed E-state index contributed by atoms with van der Waals surface area (Å²) in [6, 6.07) is 37.3. The molecule has 1 atom stereocenters. The van der Waals surface area contributed by atoms with Gasteiger partial charge in [-0.2, -0.15) is 0 Å². The molecule has 0 fully saturated rings. The molecule has 0 aliphatic heterocycles. The normalized spacial score (nSPS) is 11.8. The molecule has 0 bridgehead atoms. The largest absolute Gasteiger partial charge is 0.435 e. The lowest BCUT2D eigenvalue weighted by atomic mass is 10.1. The van der Waals surface area contributed by atoms with Gasteiger partial charge in [-0.25, -0.2) is 4.79 Å². The van der Waals surface area contributed by atoms with Crippen molar-refractivity contribution in [3.05, 3.63) is 120 Å². The molecule has 0 saturated heterocycles. The lowest BCUT2D eigenvalue weighted by Gasteiger charge is -2.24. The van der Waals surface area contributed by atoms with Crippen LogP contribution in [0.5, 0.6) is 0 Å². The third-order valence-electron chi connectivity index (χ3n) is 8.97. The first-order valence-electron chi connectivity index (χ1n) is 19.0. The smallest absolute Gasteiger partial charge is 0.399 e. The second kappa shape index (κ2) is 23.8. The van der Waals surface area contributed by atoms with Crippen LogP contribution < -0.4 is 10.2 Å². The average molecular weight is 755 g/mol. The van der Waals surface area contributed by atoms with E-state index in [4.69, 9.17) is 4.74 Å². The zero-order valence-corrected chi connectivity index (χ0v) is 33.7. The second-order valence-electron chi connectivity index (χ2n) is 13.4. The number of thioether (sulfide) groups is 2. The summed E-state index contributed by atoms with van der Waals surface area (Å²) in [7, 11) is 4.37. The van der Waals surface area contributed by atoms with Gasteiger partial charge in [-0.05, 0) is 130 Å². The minimum Gasteiger partial charge on any atom is -0.435 e. The number of ether oxygens (including phenoxy) is 1. The van der Waals surface area contributed by atoms with Crippen LogP contribution in [0.25, 0.3) is 0 Å². The Labute approximate surface area is 326 Å². The van der Waals surface area contributed by atoms with E-state index in [2.05, 4.69) is 102 Å². The molecular weight excluding hydrogens is 697 g/mol. The standard InChI is InChI=1S/C44H58N4O3S2/c1-5-29-48(39-21-25-41(26-22-39)53-35-14-31-47(4)33-28-37-17-11-8-12-18-37)43(49)44(50)51-42(6-2)45-38-19-23-40(24-20-38)52-34-13-30-46(3)32-27-36-15-9-7-10-16-36/h7-12,15-26,42,45H,5-6,13-14,27-35H2,1-4H3. The summed E-state index contributed by atoms with van der Waals surface area (Å²) in [6.07, 6.45) is 4.97. The Morgan fingerprint density at radius 1 is 0.642 bits per heavy atom. The predicted molar refractivity (Wildman–Crippen MR) is 225 cm³/mol. The summed E-state index contributed by atoms with van der Waals surface area (Å²) < 4.78 is 5.69. The molecule has 4 aromatic rings. The number of amides is 1. The number of likely N-dealkylation sites (N-methyl/N-ethyl adjacent to an activating group) is 2. The number of benzene rings is 4. The Balaban J connectivity index is 1.16. The molecule has 1 amide bonds. The number of carbonyl (C=O) groups excluding carboxylic acids is 2. The molecule has 0 spiro atoms. The number of anilines is 2. The van der Waals surface area contributed by atoms with E-state index < -0.39 is 18.1 Å². The predicted octanol–water partition coefficient (Wildman–Crippen LogP) is 9.13. The summed E-state index contributed by atoms with van der Waals surface area (Å²) in [5.41, 5.74) is 4.30. The summed E-state index contributed by atoms with van der Waals surface area (Å²) in [4.78, 5) is 35.1. The van der Waals surface area contributed by atoms with Gasteiger partial charge in [-0.15, -0.1) is 23.5 Å². The van der Waals surface area contributed by atoms with E-state index in [1.54, 1.807) is 0 Å². The fourth-order valence-corrected chi connectivity index (χ4v) is 7.51. The van der Waals surface area contributed by atoms with Crippen molar-refractivity contribution in [2.75, 3.05) is 68.5 Å². The van der Waals surface area contributed by atoms with Gasteiger partial charge in [0.25, 0.3) is 0 Å². The van der Waals surface area contributed by atoms with Gasteiger partial charge in [0.15, 0.2) is 6.23 Å². The first kappa shape index (κ1) is 42.0. The molecule has 1 unspecified atom stereocenters. The van der Waals surface area contributed by atoms with Crippen molar-refractivity contribution < 1.29 is 14.3 Å². The van der Waals surface area contributed by atoms with Crippen LogP contribution in [0.4, 0.5) is 11.4 Å². The number of hydrogen-bond donors (Lipinski definition) is 1. The number of nitrogens with zero attached hydrogens (tertiary/aromatic N) is 3. The molecule has 284 valence electrons. The third-order valence-corrected chi connectivity index (χ3v) is 11.2. The number of hydrogen-bond acceptors (Lipinski definition) is 8. The Morgan fingerprint density at radius 3 is 1.60 bits per heavy atom. The number of nitrogens with one attached hydrogen (secondary N) is 1. The summed E-state index contributed by atoms with van der Waals surface area (Å²) in [5.74, 6) is 0.556. The molecule has 4 rings (SSSR count). The van der Waals surface area contributed by atoms with Gasteiger partial charge in [0.1, 0.15) is 0 Å². The highest BCUT2D eigenvalue weighted by Gasteiger charge is 2.27. The third kappa shape index (κ3) is 15.6. The molecule has 4 aromatic carbocycles. The SMILES string of the molecule is CCCN(C(=O)C(=O)OC(CC)Nc1ccc(SCCCN(C)CCc2ccccc2)cc1)c1ccc(SCCCN(C)CCc2ccccc2)cc1. The van der Waals surface area contributed by atoms with Crippen molar-refractivity contribution >= 4 is 46.8 Å². The van der Waals surface area contributed by atoms with Gasteiger partial charge < -0.3 is 24.8 Å². The summed E-state index contributed by atoms with van der Waals surface area (Å²) in [6.45, 7) is 8.58. The van der Waals surface area contributed by atoms with Gasteiger partial charge in [-0.3, -0.25) is 4.79 Å². The number of carbonyl (C=O) groups is 2. The molecule has 0 radical (unpaired) electrons. The van der Waals surface area contributed by atoms with E-state index in [1.165, 1.54) is 20.9 Å². The maximum Gasteiger partial charge on any atom is 0.399 e. The Kier molecular flexibility index (Phi) is 18.9. The molecule has 0 heterocycles. The van der Waals surface area contributed by atoms with Crippen molar-refractivity contribution in [1.82, 2.24) is 9.80 Å². The van der Waals surface area contributed by atoms with Crippen molar-refractivity contribution in [2.45, 2.75) is 68.4 Å². The van der Waals surface area contributed by atoms with Crippen LogP contribution in [-0.4, -0.2) is 86.2 Å². The van der Waals surface area contributed by atoms with Crippen LogP contribution in [0.1, 0.15) is 50.7 Å². The highest BCUT2D eigenvalue weighted by Crippen LogP contribution is 2.25. The quantitative estimate of drug-likeness (QED) is 0.0265. The zero-order valence-electron chi connectivity index (χ0n) is 32.0. The van der Waals surface area contributed by atoms with Crippen molar-refractivity contribution in [1.29, 1.82) is 0 Å². The lowest BCUT2D eigenvalue weighted by Crippen LogP contribution is -2.40. The van der Waals surface area contributed by atoms with E-state index in [0.717, 1.165) is 80.4 Å². The molecule has 0 aliphatic carbocycles. The Bertz CT molecular complexity index is 1610. The second-order valence-corrected chi connectivity index (χ2v) is 15.7. The highest BCUT2D eigenvalue weighted by molar-refractivity contribution is 7.99. The zero-order chi connectivity index (χ0) is 37.7. The summed E-state index contributed by atoms with van der Waals surface area (Å²) >= 11 is 3.66. The Hall–Kier alpha value is -3.76. The molecule has 9 heteroatoms. The van der Waals surface area contributed by atoms with Crippen molar-refractivity contribution in [3.63, 3.8) is 0 Å². The molecule has 0 saturated carbocycles. The van der Waals surface area contributed by atoms with Gasteiger partial charge in [0.05, 0.1) is 0 Å². The number of esters is 1. The van der Waals surface area contributed by atoms with Crippen LogP contribution in [0.2, 0.25) is 0 Å². The molecule has 0 aromatic heterocycles. The van der Waals surface area contributed by atoms with E-state index >= 15 is 0 Å². The van der Waals surface area contributed by atoms with E-state index in [1.807, 2.05) is 73.8 Å². The monoisotopic (exact) mass is 754 g/mol. The lowest BCUT2D eigenvalue weighted by molar-refractivity contribution is -0.156. The molecule has 53 heavy (non-hydrogen) atoms. The molecule has 7 nitrogen and oxygen atoms in total. The molecular formula is C44H58N4O3S2. The highest BCUT2D eigenvalue weighted by atomic mass is 32.2. The van der Waals surface area contributed by atoms with Gasteiger partial charge in [0, 0.05) is 47.2 Å². The minimum atomic E-state index is -0.853. The minimum absolute atomic E-state index is 0.434. The fraction of sp³-hybridized carbons (Fsp3) is 0.409. The fourth-order valence-electron chi connectivity index (χ4n) is 5.83. The topological polar surface area (TPSA) is 65.1 Å². The van der Waals surface area contributed by atoms with Crippen LogP contribution in [0.3, 0.4) is 0 Å². The van der Waals surface area contributed by atoms with Gasteiger partial charge >= 0.3 is 11.9 Å². The van der Waals surface area contributed by atoms with Crippen LogP contribution in [0, 0.1) is 0 Å². The van der Waals surface area contributed by atoms with Crippen molar-refractivity contribution in [3.8, 4) is 0 Å². The Morgan fingerprint density at radius 2 is 1.13 bits per heavy atom. The first-order valence-corrected chi connectivity index (χ1v) is 21.0. The van der Waals surface area contributed by atoms with Crippen molar-refractivity contribution in [2.24, 2.45) is 0 Å². The van der Waals surface area contributed by atoms with Crippen LogP contribution >= 0.6 is 23.5 Å². The van der Waals surface area contributed by atoms with Crippen LogP contribution in [0.15, 0.2) is 119 Å². The van der Waals surface area contributed by atoms with E-state index in [-0.39, 0.29) is 0 Å². The van der Waals surface area contributed by atoms with Gasteiger partial charge in [-0.1, -0.05) is 74.5 Å². The molecule has 1 N–H and O–H groups in total.